The van der Waals surface area contributed by atoms with E-state index in [0.717, 1.165) is 51.4 Å². The Labute approximate surface area is 197 Å². The van der Waals surface area contributed by atoms with Gasteiger partial charge in [0, 0.05) is 12.3 Å². The Morgan fingerprint density at radius 1 is 1.15 bits per heavy atom. The molecule has 6 unspecified atom stereocenters. The number of rotatable bonds is 8. The molecule has 1 aromatic rings. The van der Waals surface area contributed by atoms with Crippen molar-refractivity contribution in [2.75, 3.05) is 17.3 Å². The normalized spacial score (nSPS) is 35.8. The lowest BCUT2D eigenvalue weighted by atomic mass is 9.50. The SMILES string of the molecule is CCCC1C(CC(F)F)CCC2C1CCC1(C)C2CC[C@H]1C(=O)CN(N)c1ccccc1N. The zero-order valence-electron chi connectivity index (χ0n) is 20.2. The van der Waals surface area contributed by atoms with Crippen molar-refractivity contribution in [2.45, 2.75) is 78.1 Å². The van der Waals surface area contributed by atoms with Gasteiger partial charge in [0.2, 0.25) is 6.43 Å². The number of hydrazine groups is 1. The van der Waals surface area contributed by atoms with Gasteiger partial charge in [0.1, 0.15) is 0 Å². The summed E-state index contributed by atoms with van der Waals surface area (Å²) in [6.45, 7) is 4.67. The van der Waals surface area contributed by atoms with Gasteiger partial charge in [0.05, 0.1) is 17.9 Å². The van der Waals surface area contributed by atoms with Crippen molar-refractivity contribution in [3.63, 3.8) is 0 Å². The predicted octanol–water partition coefficient (Wildman–Crippen LogP) is 6.06. The first-order valence-corrected chi connectivity index (χ1v) is 12.9. The summed E-state index contributed by atoms with van der Waals surface area (Å²) in [6, 6.07) is 7.38. The third kappa shape index (κ3) is 4.65. The fourth-order valence-corrected chi connectivity index (χ4v) is 8.18. The summed E-state index contributed by atoms with van der Waals surface area (Å²) in [7, 11) is 0. The van der Waals surface area contributed by atoms with E-state index in [1.54, 1.807) is 6.07 Å². The Kier molecular flexibility index (Phi) is 7.32. The molecular weight excluding hydrogens is 420 g/mol. The predicted molar refractivity (Wildman–Crippen MR) is 130 cm³/mol. The van der Waals surface area contributed by atoms with Gasteiger partial charge in [0.15, 0.2) is 5.78 Å². The molecule has 3 aliphatic rings. The van der Waals surface area contributed by atoms with Crippen LogP contribution in [0.15, 0.2) is 24.3 Å². The minimum Gasteiger partial charge on any atom is -0.397 e. The van der Waals surface area contributed by atoms with E-state index < -0.39 is 6.43 Å². The monoisotopic (exact) mass is 461 g/mol. The second-order valence-electron chi connectivity index (χ2n) is 11.2. The van der Waals surface area contributed by atoms with Crippen molar-refractivity contribution in [3.8, 4) is 0 Å². The van der Waals surface area contributed by atoms with Crippen molar-refractivity contribution in [1.82, 2.24) is 0 Å². The number of Topliss-reactive ketones (excluding diaryl/α,β-unsaturated/α-hetero) is 1. The molecule has 184 valence electrons. The highest BCUT2D eigenvalue weighted by molar-refractivity contribution is 5.87. The molecule has 4 nitrogen and oxygen atoms in total. The average molecular weight is 462 g/mol. The molecule has 33 heavy (non-hydrogen) atoms. The van der Waals surface area contributed by atoms with E-state index in [4.69, 9.17) is 11.6 Å². The van der Waals surface area contributed by atoms with E-state index in [-0.39, 0.29) is 36.0 Å². The number of carbonyl (C=O) groups is 1. The van der Waals surface area contributed by atoms with Crippen LogP contribution in [0.25, 0.3) is 0 Å². The highest BCUT2D eigenvalue weighted by Gasteiger charge is 2.57. The lowest BCUT2D eigenvalue weighted by molar-refractivity contribution is -0.129. The largest absolute Gasteiger partial charge is 0.397 e. The molecule has 3 saturated carbocycles. The first-order chi connectivity index (χ1) is 15.8. The zero-order valence-corrected chi connectivity index (χ0v) is 20.2. The van der Waals surface area contributed by atoms with Crippen LogP contribution >= 0.6 is 0 Å². The number of halogens is 2. The maximum absolute atomic E-state index is 13.5. The third-order valence-corrected chi connectivity index (χ3v) is 9.58. The van der Waals surface area contributed by atoms with Gasteiger partial charge in [0.25, 0.3) is 0 Å². The van der Waals surface area contributed by atoms with Crippen molar-refractivity contribution >= 4 is 17.2 Å². The van der Waals surface area contributed by atoms with Crippen LogP contribution in [0.2, 0.25) is 0 Å². The van der Waals surface area contributed by atoms with Crippen molar-refractivity contribution in [3.05, 3.63) is 24.3 Å². The molecular formula is C27H41F2N3O. The molecule has 3 aliphatic carbocycles. The highest BCUT2D eigenvalue weighted by atomic mass is 19.3. The van der Waals surface area contributed by atoms with E-state index in [1.165, 1.54) is 5.01 Å². The molecule has 0 radical (unpaired) electrons. The van der Waals surface area contributed by atoms with Gasteiger partial charge in [-0.15, -0.1) is 0 Å². The van der Waals surface area contributed by atoms with E-state index >= 15 is 0 Å². The fraction of sp³-hybridized carbons (Fsp3) is 0.741. The number of carbonyl (C=O) groups excluding carboxylic acids is 1. The van der Waals surface area contributed by atoms with Crippen LogP contribution in [0.5, 0.6) is 0 Å². The number of nitrogens with two attached hydrogens (primary N) is 2. The van der Waals surface area contributed by atoms with Crippen molar-refractivity contribution < 1.29 is 13.6 Å². The van der Waals surface area contributed by atoms with E-state index in [9.17, 15) is 13.6 Å². The summed E-state index contributed by atoms with van der Waals surface area (Å²) in [6.07, 6.45) is 6.04. The van der Waals surface area contributed by atoms with Gasteiger partial charge in [-0.1, -0.05) is 38.8 Å². The van der Waals surface area contributed by atoms with E-state index in [2.05, 4.69) is 13.8 Å². The number of nitrogen functional groups attached to an aromatic ring is 1. The molecule has 4 N–H and O–H groups in total. The molecule has 6 heteroatoms. The minimum absolute atomic E-state index is 0.00631. The number of ketones is 1. The summed E-state index contributed by atoms with van der Waals surface area (Å²) < 4.78 is 26.5. The molecule has 0 heterocycles. The molecule has 7 atom stereocenters. The number of anilines is 2. The Morgan fingerprint density at radius 3 is 2.61 bits per heavy atom. The van der Waals surface area contributed by atoms with Crippen LogP contribution in [0.4, 0.5) is 20.2 Å². The van der Waals surface area contributed by atoms with Crippen molar-refractivity contribution in [1.29, 1.82) is 0 Å². The quantitative estimate of drug-likeness (QED) is 0.280. The second kappa shape index (κ2) is 9.89. The number of benzene rings is 1. The maximum atomic E-state index is 13.5. The summed E-state index contributed by atoms with van der Waals surface area (Å²) >= 11 is 0. The van der Waals surface area contributed by atoms with Crippen LogP contribution in [0, 0.1) is 40.9 Å². The Hall–Kier alpha value is -1.69. The fourth-order valence-electron chi connectivity index (χ4n) is 8.18. The Morgan fingerprint density at radius 2 is 1.91 bits per heavy atom. The van der Waals surface area contributed by atoms with Crippen LogP contribution < -0.4 is 16.6 Å². The van der Waals surface area contributed by atoms with Gasteiger partial charge < -0.3 is 10.7 Å². The van der Waals surface area contributed by atoms with E-state index in [1.807, 2.05) is 18.2 Å². The number of alkyl halides is 2. The van der Waals surface area contributed by atoms with Gasteiger partial charge in [-0.05, 0) is 85.7 Å². The molecule has 0 bridgehead atoms. The molecule has 3 fully saturated rings. The van der Waals surface area contributed by atoms with Crippen molar-refractivity contribution in [2.24, 2.45) is 46.8 Å². The van der Waals surface area contributed by atoms with E-state index in [0.29, 0.717) is 35.0 Å². The summed E-state index contributed by atoms with van der Waals surface area (Å²) in [5, 5.41) is 1.49. The molecule has 0 amide bonds. The van der Waals surface area contributed by atoms with Crippen LogP contribution in [-0.2, 0) is 4.79 Å². The molecule has 4 rings (SSSR count). The lowest BCUT2D eigenvalue weighted by Crippen LogP contribution is -2.49. The molecule has 0 aliphatic heterocycles. The molecule has 0 aromatic heterocycles. The minimum atomic E-state index is -2.20. The standard InChI is InChI=1S/C27H41F2N3O/c1-3-6-18-17(15-26(28)29)9-10-20-19(18)13-14-27(2)21(20)11-12-22(27)25(33)16-32(31)24-8-5-4-7-23(24)30/h4-5,7-8,17-22,26H,3,6,9-16,30-31H2,1-2H3/t17?,18?,19?,20?,21?,22-,27?/m0/s1. The van der Waals surface area contributed by atoms with Gasteiger partial charge in [-0.25, -0.2) is 14.6 Å². The second-order valence-corrected chi connectivity index (χ2v) is 11.2. The van der Waals surface area contributed by atoms with Gasteiger partial charge >= 0.3 is 0 Å². The third-order valence-electron chi connectivity index (χ3n) is 9.58. The Bertz CT molecular complexity index is 833. The molecule has 0 spiro atoms. The number of hydrogen-bond acceptors (Lipinski definition) is 4. The first kappa shape index (κ1) is 24.4. The number of para-hydroxylation sites is 2. The summed E-state index contributed by atoms with van der Waals surface area (Å²) in [5.74, 6) is 8.71. The average Bonchev–Trinajstić information content (AvgIpc) is 3.12. The van der Waals surface area contributed by atoms with Gasteiger partial charge in [-0.2, -0.15) is 0 Å². The molecule has 1 aromatic carbocycles. The van der Waals surface area contributed by atoms with Crippen LogP contribution in [0.1, 0.15) is 71.6 Å². The smallest absolute Gasteiger partial charge is 0.238 e. The number of fused-ring (bicyclic) bond motifs is 3. The number of hydrogen-bond donors (Lipinski definition) is 2. The van der Waals surface area contributed by atoms with Gasteiger partial charge in [-0.3, -0.25) is 4.79 Å². The molecule has 0 saturated heterocycles. The Balaban J connectivity index is 1.47. The maximum Gasteiger partial charge on any atom is 0.238 e. The zero-order chi connectivity index (χ0) is 23.8. The summed E-state index contributed by atoms with van der Waals surface area (Å²) in [4.78, 5) is 13.5. The highest BCUT2D eigenvalue weighted by Crippen LogP contribution is 2.63. The summed E-state index contributed by atoms with van der Waals surface area (Å²) in [5.41, 5.74) is 7.31. The topological polar surface area (TPSA) is 72.3 Å². The number of nitrogens with zero attached hydrogens (tertiary/aromatic N) is 1. The lowest BCUT2D eigenvalue weighted by Gasteiger charge is -2.54. The van der Waals surface area contributed by atoms with Crippen LogP contribution in [-0.4, -0.2) is 18.8 Å². The first-order valence-electron chi connectivity index (χ1n) is 12.9. The van der Waals surface area contributed by atoms with Crippen LogP contribution in [0.3, 0.4) is 0 Å².